The number of hydrogen-bond donors (Lipinski definition) is 2. The molecular weight excluding hydrogens is 243 g/mol. The maximum atomic E-state index is 13.2. The Morgan fingerprint density at radius 2 is 2.32 bits per heavy atom. The van der Waals surface area contributed by atoms with Gasteiger partial charge in [-0.2, -0.15) is 0 Å². The summed E-state index contributed by atoms with van der Waals surface area (Å²) in [7, 11) is 2.09. The van der Waals surface area contributed by atoms with E-state index in [1.165, 1.54) is 12.1 Å². The molecule has 1 aromatic carbocycles. The summed E-state index contributed by atoms with van der Waals surface area (Å²) >= 11 is 0. The van der Waals surface area contributed by atoms with E-state index in [4.69, 9.17) is 0 Å². The van der Waals surface area contributed by atoms with Crippen molar-refractivity contribution in [3.8, 4) is 11.3 Å². The minimum Gasteiger partial charge on any atom is -0.341 e. The summed E-state index contributed by atoms with van der Waals surface area (Å²) in [6.07, 6.45) is 1.77. The molecular formula is C14H17FN4. The van der Waals surface area contributed by atoms with Crippen molar-refractivity contribution in [3.05, 3.63) is 42.1 Å². The van der Waals surface area contributed by atoms with Crippen LogP contribution in [0.5, 0.6) is 0 Å². The number of aromatic nitrogens is 2. The van der Waals surface area contributed by atoms with Gasteiger partial charge < -0.3 is 10.3 Å². The zero-order valence-corrected chi connectivity index (χ0v) is 10.9. The Kier molecular flexibility index (Phi) is 3.31. The topological polar surface area (TPSA) is 44.0 Å². The van der Waals surface area contributed by atoms with Gasteiger partial charge in [0.15, 0.2) is 0 Å². The van der Waals surface area contributed by atoms with Crippen LogP contribution < -0.4 is 5.32 Å². The monoisotopic (exact) mass is 260 g/mol. The molecule has 1 atom stereocenters. The molecule has 3 rings (SSSR count). The summed E-state index contributed by atoms with van der Waals surface area (Å²) in [6.45, 7) is 2.89. The van der Waals surface area contributed by atoms with E-state index in [2.05, 4.69) is 27.2 Å². The largest absolute Gasteiger partial charge is 0.341 e. The van der Waals surface area contributed by atoms with Gasteiger partial charge >= 0.3 is 0 Å². The van der Waals surface area contributed by atoms with Crippen LogP contribution >= 0.6 is 0 Å². The number of halogens is 1. The number of piperazine rings is 1. The first kappa shape index (κ1) is 12.3. The third kappa shape index (κ3) is 2.52. The van der Waals surface area contributed by atoms with Gasteiger partial charge in [0.05, 0.1) is 17.9 Å². The second-order valence-electron chi connectivity index (χ2n) is 4.89. The molecule has 1 aromatic heterocycles. The normalized spacial score (nSPS) is 20.6. The third-order valence-corrected chi connectivity index (χ3v) is 3.56. The highest BCUT2D eigenvalue weighted by Gasteiger charge is 2.23. The molecule has 1 aliphatic rings. The zero-order chi connectivity index (χ0) is 13.2. The lowest BCUT2D eigenvalue weighted by atomic mass is 10.1. The first-order valence-electron chi connectivity index (χ1n) is 6.46. The number of hydrogen-bond acceptors (Lipinski definition) is 3. The van der Waals surface area contributed by atoms with Gasteiger partial charge in [-0.3, -0.25) is 4.90 Å². The molecule has 1 unspecified atom stereocenters. The van der Waals surface area contributed by atoms with E-state index in [1.807, 2.05) is 6.07 Å². The maximum absolute atomic E-state index is 13.2. The fourth-order valence-corrected chi connectivity index (χ4v) is 2.42. The number of aromatic amines is 1. The molecule has 0 bridgehead atoms. The van der Waals surface area contributed by atoms with Crippen LogP contribution in [0.4, 0.5) is 4.39 Å². The number of H-pyrrole nitrogens is 1. The smallest absolute Gasteiger partial charge is 0.125 e. The van der Waals surface area contributed by atoms with E-state index in [9.17, 15) is 4.39 Å². The van der Waals surface area contributed by atoms with Crippen LogP contribution in [0.15, 0.2) is 30.5 Å². The first-order valence-corrected chi connectivity index (χ1v) is 6.46. The van der Waals surface area contributed by atoms with Crippen LogP contribution in [0, 0.1) is 5.82 Å². The molecule has 1 aliphatic heterocycles. The Bertz CT molecular complexity index is 566. The van der Waals surface area contributed by atoms with Gasteiger partial charge in [-0.25, -0.2) is 9.37 Å². The molecule has 0 spiro atoms. The molecule has 5 heteroatoms. The Morgan fingerprint density at radius 1 is 1.42 bits per heavy atom. The first-order chi connectivity index (χ1) is 9.24. The average molecular weight is 260 g/mol. The van der Waals surface area contributed by atoms with Crippen LogP contribution in [0.2, 0.25) is 0 Å². The SMILES string of the molecule is CN1CCNCC1c1ncc(-c2cccc(F)c2)[nH]1. The Labute approximate surface area is 111 Å². The summed E-state index contributed by atoms with van der Waals surface area (Å²) in [5.74, 6) is 0.694. The van der Waals surface area contributed by atoms with Crippen molar-refractivity contribution in [1.82, 2.24) is 20.2 Å². The highest BCUT2D eigenvalue weighted by Crippen LogP contribution is 2.22. The summed E-state index contributed by atoms with van der Waals surface area (Å²) in [6, 6.07) is 6.79. The van der Waals surface area contributed by atoms with Crippen molar-refractivity contribution >= 4 is 0 Å². The van der Waals surface area contributed by atoms with Crippen molar-refractivity contribution in [2.45, 2.75) is 6.04 Å². The Hall–Kier alpha value is -1.72. The highest BCUT2D eigenvalue weighted by atomic mass is 19.1. The molecule has 0 radical (unpaired) electrons. The molecule has 19 heavy (non-hydrogen) atoms. The summed E-state index contributed by atoms with van der Waals surface area (Å²) in [5.41, 5.74) is 1.68. The van der Waals surface area contributed by atoms with Crippen molar-refractivity contribution in [1.29, 1.82) is 0 Å². The molecule has 1 fully saturated rings. The average Bonchev–Trinajstić information content (AvgIpc) is 2.89. The van der Waals surface area contributed by atoms with E-state index in [0.29, 0.717) is 0 Å². The molecule has 0 saturated carbocycles. The fourth-order valence-electron chi connectivity index (χ4n) is 2.42. The Balaban J connectivity index is 1.86. The lowest BCUT2D eigenvalue weighted by Crippen LogP contribution is -2.44. The molecule has 4 nitrogen and oxygen atoms in total. The number of imidazole rings is 1. The van der Waals surface area contributed by atoms with Gasteiger partial charge in [0.1, 0.15) is 11.6 Å². The molecule has 0 amide bonds. The van der Waals surface area contributed by atoms with Gasteiger partial charge in [0, 0.05) is 25.2 Å². The van der Waals surface area contributed by atoms with E-state index in [-0.39, 0.29) is 11.9 Å². The van der Waals surface area contributed by atoms with Gasteiger partial charge in [0.25, 0.3) is 0 Å². The number of nitrogens with one attached hydrogen (secondary N) is 2. The van der Waals surface area contributed by atoms with E-state index < -0.39 is 0 Å². The summed E-state index contributed by atoms with van der Waals surface area (Å²) < 4.78 is 13.2. The summed E-state index contributed by atoms with van der Waals surface area (Å²) in [5, 5.41) is 3.36. The minimum atomic E-state index is -0.231. The zero-order valence-electron chi connectivity index (χ0n) is 10.9. The van der Waals surface area contributed by atoms with Crippen LogP contribution in [0.25, 0.3) is 11.3 Å². The van der Waals surface area contributed by atoms with E-state index in [0.717, 1.165) is 36.7 Å². The lowest BCUT2D eigenvalue weighted by Gasteiger charge is -2.31. The number of rotatable bonds is 2. The van der Waals surface area contributed by atoms with Crippen molar-refractivity contribution < 1.29 is 4.39 Å². The van der Waals surface area contributed by atoms with Crippen molar-refractivity contribution in [2.75, 3.05) is 26.7 Å². The van der Waals surface area contributed by atoms with E-state index >= 15 is 0 Å². The summed E-state index contributed by atoms with van der Waals surface area (Å²) in [4.78, 5) is 10.0. The Morgan fingerprint density at radius 3 is 3.11 bits per heavy atom. The molecule has 2 heterocycles. The predicted octanol–water partition coefficient (Wildman–Crippen LogP) is 1.79. The van der Waals surface area contributed by atoms with Gasteiger partial charge in [-0.15, -0.1) is 0 Å². The van der Waals surface area contributed by atoms with Gasteiger partial charge in [-0.1, -0.05) is 12.1 Å². The van der Waals surface area contributed by atoms with Gasteiger partial charge in [0.2, 0.25) is 0 Å². The standard InChI is InChI=1S/C14H17FN4/c1-19-6-5-16-9-13(19)14-17-8-12(18-14)10-3-2-4-11(15)7-10/h2-4,7-8,13,16H,5-6,9H2,1H3,(H,17,18). The van der Waals surface area contributed by atoms with E-state index in [1.54, 1.807) is 12.3 Å². The fraction of sp³-hybridized carbons (Fsp3) is 0.357. The second-order valence-corrected chi connectivity index (χ2v) is 4.89. The maximum Gasteiger partial charge on any atom is 0.125 e. The third-order valence-electron chi connectivity index (χ3n) is 3.56. The predicted molar refractivity (Wildman–Crippen MR) is 72.2 cm³/mol. The molecule has 1 saturated heterocycles. The van der Waals surface area contributed by atoms with Crippen LogP contribution in [-0.4, -0.2) is 41.5 Å². The highest BCUT2D eigenvalue weighted by molar-refractivity contribution is 5.58. The minimum absolute atomic E-state index is 0.231. The van der Waals surface area contributed by atoms with Crippen LogP contribution in [-0.2, 0) is 0 Å². The van der Waals surface area contributed by atoms with Gasteiger partial charge in [-0.05, 0) is 19.2 Å². The van der Waals surface area contributed by atoms with Crippen LogP contribution in [0.3, 0.4) is 0 Å². The number of benzene rings is 1. The van der Waals surface area contributed by atoms with Crippen molar-refractivity contribution in [3.63, 3.8) is 0 Å². The number of nitrogens with zero attached hydrogens (tertiary/aromatic N) is 2. The number of likely N-dealkylation sites (N-methyl/N-ethyl adjacent to an activating group) is 1. The quantitative estimate of drug-likeness (QED) is 0.865. The van der Waals surface area contributed by atoms with Crippen LogP contribution in [0.1, 0.15) is 11.9 Å². The van der Waals surface area contributed by atoms with Crippen molar-refractivity contribution in [2.24, 2.45) is 0 Å². The second kappa shape index (κ2) is 5.11. The molecule has 100 valence electrons. The molecule has 2 N–H and O–H groups in total. The molecule has 2 aromatic rings. The molecule has 0 aliphatic carbocycles. The lowest BCUT2D eigenvalue weighted by molar-refractivity contribution is 0.195.